The van der Waals surface area contributed by atoms with Gasteiger partial charge < -0.3 is 14.4 Å². The summed E-state index contributed by atoms with van der Waals surface area (Å²) in [7, 11) is 0. The molecule has 1 amide bonds. The number of nitrogens with zero attached hydrogens (tertiary/aromatic N) is 3. The first-order valence-corrected chi connectivity index (χ1v) is 11.6. The number of hydrogen-bond donors (Lipinski definition) is 0. The Morgan fingerprint density at radius 1 is 0.857 bits per heavy atom. The molecular formula is C23H29F6N3O3. The van der Waals surface area contributed by atoms with Crippen LogP contribution in [0.1, 0.15) is 24.0 Å². The molecule has 3 aliphatic heterocycles. The lowest BCUT2D eigenvalue weighted by molar-refractivity contribution is -0.309. The van der Waals surface area contributed by atoms with Crippen molar-refractivity contribution in [2.75, 3.05) is 52.5 Å². The van der Waals surface area contributed by atoms with Gasteiger partial charge in [0.15, 0.2) is 0 Å². The van der Waals surface area contributed by atoms with Crippen molar-refractivity contribution in [3.8, 4) is 0 Å². The Morgan fingerprint density at radius 2 is 1.31 bits per heavy atom. The van der Waals surface area contributed by atoms with Crippen LogP contribution >= 0.6 is 0 Å². The summed E-state index contributed by atoms with van der Waals surface area (Å²) >= 11 is 0. The van der Waals surface area contributed by atoms with Crippen molar-refractivity contribution in [3.63, 3.8) is 0 Å². The van der Waals surface area contributed by atoms with E-state index in [1.165, 1.54) is 11.1 Å². The topological polar surface area (TPSA) is 45.2 Å². The summed E-state index contributed by atoms with van der Waals surface area (Å²) in [5.74, 6) is 0. The van der Waals surface area contributed by atoms with Gasteiger partial charge in [0.05, 0.1) is 13.2 Å². The molecule has 0 atom stereocenters. The minimum atomic E-state index is -5.71. The molecule has 3 heterocycles. The molecule has 3 aliphatic rings. The predicted molar refractivity (Wildman–Crippen MR) is 113 cm³/mol. The van der Waals surface area contributed by atoms with Crippen LogP contribution < -0.4 is 0 Å². The zero-order chi connectivity index (χ0) is 25.3. The van der Waals surface area contributed by atoms with Gasteiger partial charge in [0, 0.05) is 44.7 Å². The van der Waals surface area contributed by atoms with Gasteiger partial charge in [-0.2, -0.15) is 26.3 Å². The van der Waals surface area contributed by atoms with Gasteiger partial charge in [-0.3, -0.25) is 9.80 Å². The van der Waals surface area contributed by atoms with Gasteiger partial charge in [0.2, 0.25) is 0 Å². The van der Waals surface area contributed by atoms with Crippen molar-refractivity contribution in [1.29, 1.82) is 0 Å². The lowest BCUT2D eigenvalue weighted by Crippen LogP contribution is -2.62. The molecular weight excluding hydrogens is 480 g/mol. The minimum absolute atomic E-state index is 0.109. The number of morpholine rings is 1. The quantitative estimate of drug-likeness (QED) is 0.561. The zero-order valence-corrected chi connectivity index (χ0v) is 19.2. The molecule has 0 aliphatic carbocycles. The van der Waals surface area contributed by atoms with Crippen molar-refractivity contribution in [2.24, 2.45) is 5.41 Å². The maximum atomic E-state index is 12.6. The average molecular weight is 509 g/mol. The molecule has 1 spiro atoms. The number of carbonyl (C=O) groups is 1. The van der Waals surface area contributed by atoms with Crippen LogP contribution in [-0.2, 0) is 22.6 Å². The SMILES string of the molecule is O=C(OC(C(F)(F)F)C(F)(F)F)N1CC2(CCN(Cc3ccc(CN4CCOCC4)cc3)CC2)C1. The minimum Gasteiger partial charge on any atom is -0.426 e. The monoisotopic (exact) mass is 509 g/mol. The van der Waals surface area contributed by atoms with E-state index in [1.54, 1.807) is 0 Å². The van der Waals surface area contributed by atoms with E-state index >= 15 is 0 Å². The highest BCUT2D eigenvalue weighted by Crippen LogP contribution is 2.42. The molecule has 196 valence electrons. The predicted octanol–water partition coefficient (Wildman–Crippen LogP) is 4.05. The molecule has 3 fully saturated rings. The zero-order valence-electron chi connectivity index (χ0n) is 19.2. The fraction of sp³-hybridized carbons (Fsp3) is 0.696. The Morgan fingerprint density at radius 3 is 1.77 bits per heavy atom. The molecule has 0 bridgehead atoms. The molecule has 4 rings (SSSR count). The molecule has 1 aromatic carbocycles. The smallest absolute Gasteiger partial charge is 0.426 e. The maximum Gasteiger partial charge on any atom is 0.434 e. The van der Waals surface area contributed by atoms with Crippen LogP contribution in [0.2, 0.25) is 0 Å². The summed E-state index contributed by atoms with van der Waals surface area (Å²) in [5, 5.41) is 0. The number of rotatable bonds is 5. The summed E-state index contributed by atoms with van der Waals surface area (Å²) < 4.78 is 85.0. The Bertz CT molecular complexity index is 841. The summed E-state index contributed by atoms with van der Waals surface area (Å²) in [6, 6.07) is 8.47. The van der Waals surface area contributed by atoms with Gasteiger partial charge in [-0.25, -0.2) is 4.79 Å². The second-order valence-corrected chi connectivity index (χ2v) is 9.68. The number of ether oxygens (including phenoxy) is 2. The molecule has 1 aromatic rings. The molecule has 0 radical (unpaired) electrons. The number of halogens is 6. The average Bonchev–Trinajstić information content (AvgIpc) is 2.77. The van der Waals surface area contributed by atoms with E-state index in [4.69, 9.17) is 4.74 Å². The third kappa shape index (κ3) is 6.59. The van der Waals surface area contributed by atoms with Crippen LogP contribution in [0.5, 0.6) is 0 Å². The van der Waals surface area contributed by atoms with Gasteiger partial charge in [0.25, 0.3) is 6.10 Å². The first kappa shape index (κ1) is 26.0. The highest BCUT2D eigenvalue weighted by atomic mass is 19.4. The number of alkyl halides is 6. The molecule has 0 aromatic heterocycles. The lowest BCUT2D eigenvalue weighted by Gasteiger charge is -2.53. The van der Waals surface area contributed by atoms with E-state index < -0.39 is 24.5 Å². The van der Waals surface area contributed by atoms with E-state index in [0.29, 0.717) is 12.8 Å². The first-order valence-electron chi connectivity index (χ1n) is 11.6. The van der Waals surface area contributed by atoms with Gasteiger partial charge in [0.1, 0.15) is 0 Å². The van der Waals surface area contributed by atoms with Crippen molar-refractivity contribution >= 4 is 6.09 Å². The molecule has 0 N–H and O–H groups in total. The van der Waals surface area contributed by atoms with E-state index in [9.17, 15) is 31.1 Å². The second kappa shape index (κ2) is 10.1. The number of hydrogen-bond acceptors (Lipinski definition) is 5. The van der Waals surface area contributed by atoms with Crippen LogP contribution in [0.3, 0.4) is 0 Å². The molecule has 3 saturated heterocycles. The summed E-state index contributed by atoms with van der Waals surface area (Å²) in [6.45, 7) is 6.73. The molecule has 12 heteroatoms. The van der Waals surface area contributed by atoms with Gasteiger partial charge in [-0.05, 0) is 37.1 Å². The fourth-order valence-corrected chi connectivity index (χ4v) is 4.91. The molecule has 0 saturated carbocycles. The molecule has 0 unspecified atom stereocenters. The van der Waals surface area contributed by atoms with E-state index in [1.807, 2.05) is 0 Å². The number of likely N-dealkylation sites (tertiary alicyclic amines) is 2. The number of carbonyl (C=O) groups excluding carboxylic acids is 1. The van der Waals surface area contributed by atoms with Crippen LogP contribution in [0.25, 0.3) is 0 Å². The molecule has 6 nitrogen and oxygen atoms in total. The van der Waals surface area contributed by atoms with E-state index in [2.05, 4.69) is 38.8 Å². The second-order valence-electron chi connectivity index (χ2n) is 9.68. The maximum absolute atomic E-state index is 12.6. The Hall–Kier alpha value is -2.05. The summed E-state index contributed by atoms with van der Waals surface area (Å²) in [6.07, 6.45) is -15.7. The van der Waals surface area contributed by atoms with Crippen LogP contribution in [0.15, 0.2) is 24.3 Å². The van der Waals surface area contributed by atoms with Crippen molar-refractivity contribution < 1.29 is 40.6 Å². The summed E-state index contributed by atoms with van der Waals surface area (Å²) in [5.41, 5.74) is 2.15. The van der Waals surface area contributed by atoms with Crippen molar-refractivity contribution in [3.05, 3.63) is 35.4 Å². The Labute approximate surface area is 199 Å². The van der Waals surface area contributed by atoms with Gasteiger partial charge >= 0.3 is 18.4 Å². The highest BCUT2D eigenvalue weighted by molar-refractivity contribution is 5.69. The number of amides is 1. The number of piperidine rings is 1. The third-order valence-corrected chi connectivity index (χ3v) is 6.98. The Balaban J connectivity index is 1.20. The normalized spacial score (nSPS) is 21.9. The van der Waals surface area contributed by atoms with Crippen LogP contribution in [0.4, 0.5) is 31.1 Å². The largest absolute Gasteiger partial charge is 0.434 e. The van der Waals surface area contributed by atoms with Crippen LogP contribution in [-0.4, -0.2) is 91.7 Å². The van der Waals surface area contributed by atoms with E-state index in [-0.39, 0.29) is 18.5 Å². The standard InChI is InChI=1S/C23H29F6N3O3/c24-22(25,26)19(23(27,28)29)35-20(33)32-15-21(16-32)5-7-30(8-6-21)13-17-1-3-18(4-2-17)14-31-9-11-34-12-10-31/h1-4,19H,5-16H2. The third-order valence-electron chi connectivity index (χ3n) is 6.98. The van der Waals surface area contributed by atoms with E-state index in [0.717, 1.165) is 57.4 Å². The van der Waals surface area contributed by atoms with Crippen molar-refractivity contribution in [1.82, 2.24) is 14.7 Å². The molecule has 35 heavy (non-hydrogen) atoms. The first-order chi connectivity index (χ1) is 16.4. The highest BCUT2D eigenvalue weighted by Gasteiger charge is 2.61. The fourth-order valence-electron chi connectivity index (χ4n) is 4.91. The van der Waals surface area contributed by atoms with Crippen LogP contribution in [0, 0.1) is 5.41 Å². The summed E-state index contributed by atoms with van der Waals surface area (Å²) in [4.78, 5) is 17.4. The number of benzene rings is 1. The van der Waals surface area contributed by atoms with Gasteiger partial charge in [-0.15, -0.1) is 0 Å². The van der Waals surface area contributed by atoms with Gasteiger partial charge in [-0.1, -0.05) is 24.3 Å². The Kier molecular flexibility index (Phi) is 7.54. The lowest BCUT2D eigenvalue weighted by atomic mass is 9.72. The van der Waals surface area contributed by atoms with Crippen molar-refractivity contribution in [2.45, 2.75) is 44.4 Å².